The Bertz CT molecular complexity index is 571. The van der Waals surface area contributed by atoms with Crippen molar-refractivity contribution in [3.63, 3.8) is 0 Å². The van der Waals surface area contributed by atoms with Gasteiger partial charge in [0.05, 0.1) is 10.0 Å². The molecule has 0 spiro atoms. The minimum atomic E-state index is -3.00. The first-order valence-electron chi connectivity index (χ1n) is 4.28. The average Bonchev–Trinajstić information content (AvgIpc) is 2.24. The Morgan fingerprint density at radius 1 is 1.12 bits per heavy atom. The highest BCUT2D eigenvalue weighted by Crippen LogP contribution is 2.40. The third kappa shape index (κ3) is 2.13. The van der Waals surface area contributed by atoms with Crippen molar-refractivity contribution >= 4 is 42.2 Å². The van der Waals surface area contributed by atoms with Crippen LogP contribution in [0.3, 0.4) is 0 Å². The summed E-state index contributed by atoms with van der Waals surface area (Å²) in [4.78, 5) is 10.6. The lowest BCUT2D eigenvalue weighted by molar-refractivity contribution is -0.178. The van der Waals surface area contributed by atoms with Crippen molar-refractivity contribution in [3.8, 4) is 5.75 Å². The third-order valence-corrected chi connectivity index (χ3v) is 2.99. The van der Waals surface area contributed by atoms with Crippen molar-refractivity contribution in [3.05, 3.63) is 40.4 Å². The Labute approximate surface area is 103 Å². The lowest BCUT2D eigenvalue weighted by Gasteiger charge is -2.05. The lowest BCUT2D eigenvalue weighted by atomic mass is 10.1. The second kappa shape index (κ2) is 4.56. The molecule has 16 heavy (non-hydrogen) atoms. The van der Waals surface area contributed by atoms with E-state index in [0.29, 0.717) is 15.8 Å². The Balaban J connectivity index is 2.76. The van der Waals surface area contributed by atoms with E-state index < -0.39 is 8.25 Å². The molecule has 0 aliphatic carbocycles. The van der Waals surface area contributed by atoms with Crippen LogP contribution in [0.5, 0.6) is 5.75 Å². The van der Waals surface area contributed by atoms with Crippen LogP contribution in [0.4, 0.5) is 0 Å². The van der Waals surface area contributed by atoms with Gasteiger partial charge < -0.3 is 4.89 Å². The topological polar surface area (TPSA) is 49.4 Å². The minimum Gasteiger partial charge on any atom is -0.558 e. The molecule has 0 bridgehead atoms. The van der Waals surface area contributed by atoms with Crippen LogP contribution in [0, 0.1) is 0 Å². The first kappa shape index (κ1) is 11.6. The van der Waals surface area contributed by atoms with E-state index in [-0.39, 0.29) is 10.8 Å². The first-order chi connectivity index (χ1) is 7.59. The molecule has 0 amide bonds. The summed E-state index contributed by atoms with van der Waals surface area (Å²) in [5.74, 6) is 0.109. The highest BCUT2D eigenvalue weighted by atomic mass is 35.5. The molecule has 1 unspecified atom stereocenters. The van der Waals surface area contributed by atoms with Gasteiger partial charge in [0.2, 0.25) is 5.75 Å². The SMILES string of the molecule is O=[P+]([O-])Oc1c(Cl)cc(Cl)c2ccccc12. The molecule has 2 aromatic carbocycles. The molecule has 0 N–H and O–H groups in total. The standard InChI is InChI=1S/C10H5Cl2O3P/c11-8-5-9(12)10(15-16(13)14)7-4-2-1-3-6(7)8/h1-5H. The number of rotatable bonds is 2. The van der Waals surface area contributed by atoms with Gasteiger partial charge in [-0.2, -0.15) is 0 Å². The monoisotopic (exact) mass is 274 g/mol. The quantitative estimate of drug-likeness (QED) is 0.787. The molecule has 0 saturated heterocycles. The van der Waals surface area contributed by atoms with E-state index in [1.165, 1.54) is 6.07 Å². The van der Waals surface area contributed by atoms with E-state index in [1.807, 2.05) is 0 Å². The highest BCUT2D eigenvalue weighted by molar-refractivity contribution is 7.31. The zero-order chi connectivity index (χ0) is 11.7. The van der Waals surface area contributed by atoms with Crippen LogP contribution >= 0.6 is 31.5 Å². The van der Waals surface area contributed by atoms with Crippen LogP contribution in [0.15, 0.2) is 30.3 Å². The zero-order valence-electron chi connectivity index (χ0n) is 7.81. The van der Waals surface area contributed by atoms with Gasteiger partial charge in [-0.05, 0) is 10.6 Å². The van der Waals surface area contributed by atoms with E-state index >= 15 is 0 Å². The van der Waals surface area contributed by atoms with E-state index in [4.69, 9.17) is 23.2 Å². The highest BCUT2D eigenvalue weighted by Gasteiger charge is 2.16. The second-order valence-corrected chi connectivity index (χ2v) is 4.47. The van der Waals surface area contributed by atoms with Crippen LogP contribution in [0.2, 0.25) is 10.0 Å². The molecule has 0 radical (unpaired) electrons. The molecule has 6 heteroatoms. The van der Waals surface area contributed by atoms with Crippen molar-refractivity contribution in [2.24, 2.45) is 0 Å². The van der Waals surface area contributed by atoms with Crippen LogP contribution in [0.1, 0.15) is 0 Å². The van der Waals surface area contributed by atoms with Gasteiger partial charge in [0.1, 0.15) is 0 Å². The van der Waals surface area contributed by atoms with Gasteiger partial charge in [-0.1, -0.05) is 47.5 Å². The van der Waals surface area contributed by atoms with Crippen molar-refractivity contribution in [2.75, 3.05) is 0 Å². The van der Waals surface area contributed by atoms with Gasteiger partial charge >= 0.3 is 8.25 Å². The largest absolute Gasteiger partial charge is 0.558 e. The summed E-state index contributed by atoms with van der Waals surface area (Å²) >= 11 is 11.9. The van der Waals surface area contributed by atoms with Crippen LogP contribution < -0.4 is 9.42 Å². The van der Waals surface area contributed by atoms with Crippen molar-refractivity contribution in [2.45, 2.75) is 0 Å². The molecule has 2 rings (SSSR count). The Hall–Kier alpha value is -0.860. The average molecular weight is 275 g/mol. The Kier molecular flexibility index (Phi) is 3.31. The van der Waals surface area contributed by atoms with Crippen molar-refractivity contribution < 1.29 is 14.0 Å². The number of fused-ring (bicyclic) bond motifs is 1. The molecular weight excluding hydrogens is 270 g/mol. The third-order valence-electron chi connectivity index (χ3n) is 2.07. The predicted octanol–water partition coefficient (Wildman–Crippen LogP) is 3.54. The molecule has 0 heterocycles. The van der Waals surface area contributed by atoms with Crippen molar-refractivity contribution in [1.29, 1.82) is 0 Å². The fourth-order valence-electron chi connectivity index (χ4n) is 1.44. The lowest BCUT2D eigenvalue weighted by Crippen LogP contribution is -1.94. The van der Waals surface area contributed by atoms with E-state index in [0.717, 1.165) is 0 Å². The molecule has 3 nitrogen and oxygen atoms in total. The fraction of sp³-hybridized carbons (Fsp3) is 0. The minimum absolute atomic E-state index is 0.109. The molecule has 0 aliphatic rings. The van der Waals surface area contributed by atoms with Gasteiger partial charge in [0.15, 0.2) is 0 Å². The summed E-state index contributed by atoms with van der Waals surface area (Å²) < 4.78 is 15.2. The molecule has 1 atom stereocenters. The molecule has 0 fully saturated rings. The molecule has 0 aliphatic heterocycles. The summed E-state index contributed by atoms with van der Waals surface area (Å²) in [7, 11) is -3.00. The van der Waals surface area contributed by atoms with Gasteiger partial charge in [-0.3, -0.25) is 4.52 Å². The zero-order valence-corrected chi connectivity index (χ0v) is 10.2. The number of hydrogen-bond donors (Lipinski definition) is 0. The van der Waals surface area contributed by atoms with Crippen molar-refractivity contribution in [1.82, 2.24) is 0 Å². The molecule has 82 valence electrons. The summed E-state index contributed by atoms with van der Waals surface area (Å²) in [5, 5.41) is 1.89. The maximum atomic E-state index is 10.6. The predicted molar refractivity (Wildman–Crippen MR) is 62.2 cm³/mol. The summed E-state index contributed by atoms with van der Waals surface area (Å²) in [6.45, 7) is 0. The summed E-state index contributed by atoms with van der Waals surface area (Å²) in [5.41, 5.74) is 0. The van der Waals surface area contributed by atoms with Gasteiger partial charge in [-0.25, -0.2) is 0 Å². The van der Waals surface area contributed by atoms with E-state index in [1.54, 1.807) is 24.3 Å². The van der Waals surface area contributed by atoms with E-state index in [2.05, 4.69) is 4.52 Å². The number of halogens is 2. The first-order valence-corrected chi connectivity index (χ1v) is 6.14. The molecule has 2 aromatic rings. The maximum absolute atomic E-state index is 10.6. The van der Waals surface area contributed by atoms with Crippen LogP contribution in [-0.4, -0.2) is 0 Å². The van der Waals surface area contributed by atoms with Gasteiger partial charge in [0.25, 0.3) is 0 Å². The van der Waals surface area contributed by atoms with Crippen LogP contribution in [-0.2, 0) is 4.57 Å². The number of hydrogen-bond acceptors (Lipinski definition) is 3. The van der Waals surface area contributed by atoms with Crippen LogP contribution in [0.25, 0.3) is 10.8 Å². The fourth-order valence-corrected chi connectivity index (χ4v) is 2.42. The molecule has 0 saturated carbocycles. The normalized spacial score (nSPS) is 11.6. The molecular formula is C10H5Cl2O3P. The Morgan fingerprint density at radius 3 is 2.38 bits per heavy atom. The summed E-state index contributed by atoms with van der Waals surface area (Å²) in [6.07, 6.45) is 0. The van der Waals surface area contributed by atoms with E-state index in [9.17, 15) is 9.46 Å². The Morgan fingerprint density at radius 2 is 1.75 bits per heavy atom. The van der Waals surface area contributed by atoms with Gasteiger partial charge in [-0.15, -0.1) is 0 Å². The second-order valence-electron chi connectivity index (χ2n) is 3.03. The smallest absolute Gasteiger partial charge is 0.539 e. The number of benzene rings is 2. The maximum Gasteiger partial charge on any atom is 0.539 e. The van der Waals surface area contributed by atoms with Gasteiger partial charge in [0, 0.05) is 10.8 Å². The summed E-state index contributed by atoms with van der Waals surface area (Å²) in [6, 6.07) is 8.46. The molecule has 0 aromatic heterocycles.